The summed E-state index contributed by atoms with van der Waals surface area (Å²) in [5.41, 5.74) is 0. The van der Waals surface area contributed by atoms with Crippen molar-refractivity contribution in [2.75, 3.05) is 27.9 Å². The summed E-state index contributed by atoms with van der Waals surface area (Å²) in [5, 5.41) is 60.9. The molecule has 0 radical (unpaired) electrons. The molecule has 1 aromatic carbocycles. The Morgan fingerprint density at radius 1 is 0.765 bits per heavy atom. The number of benzene rings is 1. The molecule has 0 spiro atoms. The van der Waals surface area contributed by atoms with Crippen molar-refractivity contribution in [1.29, 1.82) is 0 Å². The van der Waals surface area contributed by atoms with E-state index in [-0.39, 0.29) is 17.2 Å². The number of rotatable bonds is 8. The van der Waals surface area contributed by atoms with Gasteiger partial charge in [-0.2, -0.15) is 0 Å². The zero-order valence-electron chi connectivity index (χ0n) is 19.2. The van der Waals surface area contributed by atoms with E-state index in [2.05, 4.69) is 0 Å². The number of methoxy groups -OCH3 is 3. The van der Waals surface area contributed by atoms with Gasteiger partial charge in [0.1, 0.15) is 42.4 Å². The lowest BCUT2D eigenvalue weighted by Crippen LogP contribution is -2.64. The Morgan fingerprint density at radius 2 is 1.38 bits per heavy atom. The van der Waals surface area contributed by atoms with Crippen LogP contribution in [-0.4, -0.2) is 120 Å². The van der Waals surface area contributed by atoms with Crippen LogP contribution >= 0.6 is 0 Å². The summed E-state index contributed by atoms with van der Waals surface area (Å²) in [6.45, 7) is 0.828. The van der Waals surface area contributed by atoms with Gasteiger partial charge in [0.25, 0.3) is 0 Å². The van der Waals surface area contributed by atoms with E-state index in [1.165, 1.54) is 40.4 Å². The Bertz CT molecular complexity index is 782. The average molecular weight is 492 g/mol. The normalized spacial score (nSPS) is 38.3. The van der Waals surface area contributed by atoms with Gasteiger partial charge >= 0.3 is 0 Å². The van der Waals surface area contributed by atoms with Crippen LogP contribution in [-0.2, 0) is 14.2 Å². The summed E-state index contributed by atoms with van der Waals surface area (Å²) in [6, 6.07) is 2.92. The second-order valence-electron chi connectivity index (χ2n) is 7.97. The summed E-state index contributed by atoms with van der Waals surface area (Å²) in [6.07, 6.45) is -14.3. The summed E-state index contributed by atoms with van der Waals surface area (Å²) in [5.74, 6) is 0.976. The first-order valence-corrected chi connectivity index (χ1v) is 10.6. The highest BCUT2D eigenvalue weighted by atomic mass is 16.8. The van der Waals surface area contributed by atoms with Gasteiger partial charge in [-0.15, -0.1) is 0 Å². The number of hydrogen-bond donors (Lipinski definition) is 6. The third-order valence-electron chi connectivity index (χ3n) is 5.81. The predicted molar refractivity (Wildman–Crippen MR) is 112 cm³/mol. The van der Waals surface area contributed by atoms with E-state index in [0.717, 1.165) is 0 Å². The first-order valence-electron chi connectivity index (χ1n) is 10.6. The maximum absolute atomic E-state index is 10.7. The molecule has 2 aliphatic rings. The lowest BCUT2D eigenvalue weighted by molar-refractivity contribution is -0.354. The molecule has 0 aromatic heterocycles. The maximum Gasteiger partial charge on any atom is 0.229 e. The van der Waals surface area contributed by atoms with Crippen LogP contribution in [0.3, 0.4) is 0 Å². The molecule has 0 amide bonds. The minimum atomic E-state index is -1.67. The van der Waals surface area contributed by atoms with Crippen molar-refractivity contribution >= 4 is 0 Å². The molecule has 2 aliphatic heterocycles. The van der Waals surface area contributed by atoms with Crippen LogP contribution in [0.1, 0.15) is 6.92 Å². The number of ether oxygens (including phenoxy) is 7. The Balaban J connectivity index is 1.90. The van der Waals surface area contributed by atoms with E-state index in [1.807, 2.05) is 0 Å². The van der Waals surface area contributed by atoms with Gasteiger partial charge in [-0.05, 0) is 6.92 Å². The van der Waals surface area contributed by atoms with Crippen molar-refractivity contribution in [2.24, 2.45) is 0 Å². The minimum Gasteiger partial charge on any atom is -0.493 e. The van der Waals surface area contributed by atoms with Crippen LogP contribution in [0.5, 0.6) is 23.0 Å². The molecule has 0 saturated carbocycles. The summed E-state index contributed by atoms with van der Waals surface area (Å²) < 4.78 is 38.5. The van der Waals surface area contributed by atoms with Gasteiger partial charge in [-0.1, -0.05) is 0 Å². The van der Waals surface area contributed by atoms with Crippen LogP contribution < -0.4 is 18.9 Å². The third kappa shape index (κ3) is 5.17. The Kier molecular flexibility index (Phi) is 8.78. The highest BCUT2D eigenvalue weighted by Gasteiger charge is 2.50. The molecule has 10 unspecified atom stereocenters. The fourth-order valence-corrected chi connectivity index (χ4v) is 3.84. The Morgan fingerprint density at radius 3 is 1.91 bits per heavy atom. The molecular formula is C21H32O13. The first-order chi connectivity index (χ1) is 16.2. The lowest BCUT2D eigenvalue weighted by atomic mass is 9.97. The quantitative estimate of drug-likeness (QED) is 0.229. The average Bonchev–Trinajstić information content (AvgIpc) is 2.84. The molecule has 2 heterocycles. The summed E-state index contributed by atoms with van der Waals surface area (Å²) in [7, 11) is 4.25. The zero-order valence-corrected chi connectivity index (χ0v) is 19.2. The van der Waals surface area contributed by atoms with Gasteiger partial charge in [-0.3, -0.25) is 0 Å². The van der Waals surface area contributed by atoms with E-state index >= 15 is 0 Å². The van der Waals surface area contributed by atoms with Crippen LogP contribution in [0.15, 0.2) is 12.1 Å². The molecule has 34 heavy (non-hydrogen) atoms. The van der Waals surface area contributed by atoms with Crippen LogP contribution in [0.4, 0.5) is 0 Å². The van der Waals surface area contributed by atoms with Crippen LogP contribution in [0, 0.1) is 0 Å². The molecular weight excluding hydrogens is 460 g/mol. The smallest absolute Gasteiger partial charge is 0.229 e. The molecule has 2 fully saturated rings. The standard InChI is InChI=1S/C21H32O13/c1-8-13(23)15(25)17(27)20(31-8)34-19-16(26)14(24)12(7-22)33-21(19)32-9-5-10(28-2)18(30-4)11(6-9)29-3/h5-6,8,12-17,19-27H,7H2,1-4H3. The second kappa shape index (κ2) is 11.2. The van der Waals surface area contributed by atoms with Crippen molar-refractivity contribution in [3.63, 3.8) is 0 Å². The van der Waals surface area contributed by atoms with Crippen molar-refractivity contribution in [3.8, 4) is 23.0 Å². The lowest BCUT2D eigenvalue weighted by Gasteiger charge is -2.45. The molecule has 2 saturated heterocycles. The molecule has 6 N–H and O–H groups in total. The highest BCUT2D eigenvalue weighted by molar-refractivity contribution is 5.55. The Labute approximate surface area is 195 Å². The van der Waals surface area contributed by atoms with E-state index in [9.17, 15) is 30.6 Å². The molecule has 3 rings (SSSR count). The van der Waals surface area contributed by atoms with Gasteiger partial charge in [0.2, 0.25) is 12.0 Å². The zero-order chi connectivity index (χ0) is 25.2. The Hall–Kier alpha value is -1.94. The van der Waals surface area contributed by atoms with Crippen LogP contribution in [0.25, 0.3) is 0 Å². The topological polar surface area (TPSA) is 186 Å². The highest BCUT2D eigenvalue weighted by Crippen LogP contribution is 2.42. The van der Waals surface area contributed by atoms with Crippen LogP contribution in [0.2, 0.25) is 0 Å². The molecule has 10 atom stereocenters. The number of aliphatic hydroxyl groups is 6. The monoisotopic (exact) mass is 492 g/mol. The molecule has 13 nitrogen and oxygen atoms in total. The molecule has 0 bridgehead atoms. The fourth-order valence-electron chi connectivity index (χ4n) is 3.84. The number of hydrogen-bond acceptors (Lipinski definition) is 13. The van der Waals surface area contributed by atoms with Crippen molar-refractivity contribution < 1.29 is 63.8 Å². The van der Waals surface area contributed by atoms with E-state index in [1.54, 1.807) is 0 Å². The van der Waals surface area contributed by atoms with Crippen molar-refractivity contribution in [3.05, 3.63) is 12.1 Å². The molecule has 0 aliphatic carbocycles. The maximum atomic E-state index is 10.7. The first kappa shape index (κ1) is 26.7. The van der Waals surface area contributed by atoms with Gasteiger partial charge < -0.3 is 63.8 Å². The predicted octanol–water partition coefficient (Wildman–Crippen LogP) is -2.26. The van der Waals surface area contributed by atoms with E-state index in [4.69, 9.17) is 33.2 Å². The van der Waals surface area contributed by atoms with Crippen molar-refractivity contribution in [2.45, 2.75) is 68.3 Å². The van der Waals surface area contributed by atoms with E-state index < -0.39 is 68.0 Å². The SMILES string of the molecule is COc1cc(OC2OC(CO)C(O)C(O)C2OC2OC(C)C(O)C(O)C2O)cc(OC)c1OC. The van der Waals surface area contributed by atoms with Gasteiger partial charge in [0.05, 0.1) is 34.0 Å². The molecule has 13 heteroatoms. The number of aliphatic hydroxyl groups excluding tert-OH is 6. The minimum absolute atomic E-state index is 0.141. The third-order valence-corrected chi connectivity index (χ3v) is 5.81. The summed E-state index contributed by atoms with van der Waals surface area (Å²) >= 11 is 0. The molecule has 194 valence electrons. The largest absolute Gasteiger partial charge is 0.493 e. The fraction of sp³-hybridized carbons (Fsp3) is 0.714. The van der Waals surface area contributed by atoms with Gasteiger partial charge in [0.15, 0.2) is 23.9 Å². The van der Waals surface area contributed by atoms with Crippen molar-refractivity contribution in [1.82, 2.24) is 0 Å². The summed E-state index contributed by atoms with van der Waals surface area (Å²) in [4.78, 5) is 0. The van der Waals surface area contributed by atoms with E-state index in [0.29, 0.717) is 5.75 Å². The second-order valence-corrected chi connectivity index (χ2v) is 7.97. The molecule has 1 aromatic rings. The van der Waals surface area contributed by atoms with Gasteiger partial charge in [-0.25, -0.2) is 0 Å². The van der Waals surface area contributed by atoms with Gasteiger partial charge in [0, 0.05) is 12.1 Å².